The zero-order valence-corrected chi connectivity index (χ0v) is 24.6. The highest BCUT2D eigenvalue weighted by atomic mass is 32.2. The normalized spacial score (nSPS) is 13.5. The van der Waals surface area contributed by atoms with Crippen molar-refractivity contribution in [1.29, 1.82) is 0 Å². The van der Waals surface area contributed by atoms with E-state index in [9.17, 15) is 35.5 Å². The predicted octanol–water partition coefficient (Wildman–Crippen LogP) is 8.20. The van der Waals surface area contributed by atoms with Crippen molar-refractivity contribution in [2.24, 2.45) is 0 Å². The molecule has 1 fully saturated rings. The minimum Gasteiger partial charge on any atom is -0.398 e. The van der Waals surface area contributed by atoms with Crippen LogP contribution in [0.5, 0.6) is 0 Å². The Labute approximate surface area is 245 Å². The van der Waals surface area contributed by atoms with Gasteiger partial charge >= 0.3 is 12.4 Å². The summed E-state index contributed by atoms with van der Waals surface area (Å²) in [5.41, 5.74) is 3.62. The van der Waals surface area contributed by atoms with Crippen molar-refractivity contribution in [2.45, 2.75) is 56.9 Å². The minimum absolute atomic E-state index is 0.0224. The number of nitrogens with zero attached hydrogens (tertiary/aromatic N) is 1. The largest absolute Gasteiger partial charge is 0.433 e. The molecule has 0 spiro atoms. The van der Waals surface area contributed by atoms with Crippen LogP contribution >= 0.6 is 24.4 Å². The average molecular weight is 626 g/mol. The van der Waals surface area contributed by atoms with Gasteiger partial charge in [-0.3, -0.25) is 4.79 Å². The number of rotatable bonds is 3. The second-order valence-electron chi connectivity index (χ2n) is 8.90. The Morgan fingerprint density at radius 3 is 2.12 bits per heavy atom. The first-order valence-corrected chi connectivity index (χ1v) is 15.0. The van der Waals surface area contributed by atoms with Crippen molar-refractivity contribution in [3.05, 3.63) is 71.2 Å². The Morgan fingerprint density at radius 2 is 1.56 bits per heavy atom. The number of amides is 1. The fourth-order valence-electron chi connectivity index (χ4n) is 4.03. The van der Waals surface area contributed by atoms with Gasteiger partial charge < -0.3 is 11.1 Å². The monoisotopic (exact) mass is 625 g/mol. The highest BCUT2D eigenvalue weighted by molar-refractivity contribution is 7.97. The summed E-state index contributed by atoms with van der Waals surface area (Å²) < 4.78 is 88.8. The first kappa shape index (κ1) is 36.4. The van der Waals surface area contributed by atoms with Crippen molar-refractivity contribution in [2.75, 3.05) is 24.5 Å². The van der Waals surface area contributed by atoms with E-state index < -0.39 is 41.8 Å². The number of nitrogens with one attached hydrogen (secondary N) is 1. The van der Waals surface area contributed by atoms with Gasteiger partial charge in [-0.2, -0.15) is 50.7 Å². The van der Waals surface area contributed by atoms with Crippen molar-refractivity contribution in [3.63, 3.8) is 0 Å². The molecule has 4 nitrogen and oxygen atoms in total. The minimum atomic E-state index is -4.59. The number of nitrogens with two attached hydrogens (primary N) is 1. The van der Waals surface area contributed by atoms with E-state index in [0.29, 0.717) is 11.5 Å². The van der Waals surface area contributed by atoms with Crippen LogP contribution in [-0.4, -0.2) is 35.7 Å². The molecule has 1 aromatic heterocycles. The summed E-state index contributed by atoms with van der Waals surface area (Å²) in [4.78, 5) is 15.4. The zero-order valence-electron chi connectivity index (χ0n) is 22.9. The number of aromatic nitrogens is 1. The Hall–Kier alpha value is -2.67. The molecule has 1 aliphatic carbocycles. The molecule has 1 amide bonds. The number of thiol groups is 1. The Kier molecular flexibility index (Phi) is 15.4. The highest BCUT2D eigenvalue weighted by Crippen LogP contribution is 2.33. The number of carbonyl (C=O) groups is 1. The lowest BCUT2D eigenvalue weighted by molar-refractivity contribution is -0.141. The Balaban J connectivity index is 0.000000368. The molecule has 41 heavy (non-hydrogen) atoms. The number of alkyl halides is 6. The summed E-state index contributed by atoms with van der Waals surface area (Å²) in [7, 11) is 0. The molecule has 228 valence electrons. The maximum atomic E-state index is 13.1. The van der Waals surface area contributed by atoms with Gasteiger partial charge in [-0.15, -0.1) is 0 Å². The molecule has 0 atom stereocenters. The van der Waals surface area contributed by atoms with E-state index in [4.69, 9.17) is 5.73 Å². The molecular formula is C28H34F7N3OS2. The third-order valence-electron chi connectivity index (χ3n) is 5.73. The SMILES string of the molecule is CS.CSC.Nc1cc(C(F)(F)F)nc2ccccc12.O=C(Cc1cc(F)ccc1C(F)(F)F)NC1CCCCC1. The van der Waals surface area contributed by atoms with Crippen LogP contribution in [-0.2, 0) is 23.6 Å². The maximum absolute atomic E-state index is 13.1. The molecule has 1 aliphatic rings. The van der Waals surface area contributed by atoms with Crippen molar-refractivity contribution < 1.29 is 35.5 Å². The van der Waals surface area contributed by atoms with Gasteiger partial charge in [0.2, 0.25) is 5.91 Å². The van der Waals surface area contributed by atoms with Crippen LogP contribution in [0.2, 0.25) is 0 Å². The molecule has 1 heterocycles. The topological polar surface area (TPSA) is 68.0 Å². The highest BCUT2D eigenvalue weighted by Gasteiger charge is 2.34. The lowest BCUT2D eigenvalue weighted by Gasteiger charge is -2.23. The number of carbonyl (C=O) groups excluding carboxylic acids is 1. The fourth-order valence-corrected chi connectivity index (χ4v) is 4.03. The van der Waals surface area contributed by atoms with Gasteiger partial charge in [-0.25, -0.2) is 9.37 Å². The molecule has 0 radical (unpaired) electrons. The second-order valence-corrected chi connectivity index (χ2v) is 9.71. The van der Waals surface area contributed by atoms with E-state index in [0.717, 1.165) is 50.3 Å². The molecule has 0 aliphatic heterocycles. The van der Waals surface area contributed by atoms with Crippen LogP contribution in [0.3, 0.4) is 0 Å². The van der Waals surface area contributed by atoms with Crippen LogP contribution in [0.25, 0.3) is 10.9 Å². The third-order valence-corrected chi connectivity index (χ3v) is 5.73. The number of fused-ring (bicyclic) bond motifs is 1. The Bertz CT molecular complexity index is 1230. The number of thioether (sulfide) groups is 1. The van der Waals surface area contributed by atoms with Gasteiger partial charge in [0, 0.05) is 17.1 Å². The summed E-state index contributed by atoms with van der Waals surface area (Å²) >= 11 is 5.28. The fraction of sp³-hybridized carbons (Fsp3) is 0.429. The molecular weight excluding hydrogens is 591 g/mol. The number of pyridine rings is 1. The lowest BCUT2D eigenvalue weighted by Crippen LogP contribution is -2.37. The number of halogens is 7. The van der Waals surface area contributed by atoms with Gasteiger partial charge in [-0.05, 0) is 67.5 Å². The first-order chi connectivity index (χ1) is 19.3. The van der Waals surface area contributed by atoms with Crippen molar-refractivity contribution in [3.8, 4) is 0 Å². The van der Waals surface area contributed by atoms with E-state index in [1.165, 1.54) is 6.07 Å². The van der Waals surface area contributed by atoms with E-state index in [-0.39, 0.29) is 22.8 Å². The third kappa shape index (κ3) is 12.4. The number of nitrogen functional groups attached to an aromatic ring is 1. The molecule has 0 bridgehead atoms. The second kappa shape index (κ2) is 17.3. The summed E-state index contributed by atoms with van der Waals surface area (Å²) in [6.45, 7) is 0. The number of anilines is 1. The zero-order chi connectivity index (χ0) is 31.2. The van der Waals surface area contributed by atoms with Gasteiger partial charge in [0.1, 0.15) is 11.5 Å². The molecule has 13 heteroatoms. The van der Waals surface area contributed by atoms with Crippen LogP contribution < -0.4 is 11.1 Å². The number of benzene rings is 2. The molecule has 3 aromatic rings. The summed E-state index contributed by atoms with van der Waals surface area (Å²) in [5.74, 6) is -1.26. The Morgan fingerprint density at radius 1 is 0.976 bits per heavy atom. The lowest BCUT2D eigenvalue weighted by atomic mass is 9.95. The quantitative estimate of drug-likeness (QED) is 0.203. The predicted molar refractivity (Wildman–Crippen MR) is 156 cm³/mol. The van der Waals surface area contributed by atoms with Crippen LogP contribution in [0, 0.1) is 5.82 Å². The summed E-state index contributed by atoms with van der Waals surface area (Å²) in [5, 5.41) is 3.27. The van der Waals surface area contributed by atoms with Gasteiger partial charge in [0.15, 0.2) is 0 Å². The molecule has 1 saturated carbocycles. The van der Waals surface area contributed by atoms with Gasteiger partial charge in [0.25, 0.3) is 0 Å². The molecule has 4 rings (SSSR count). The van der Waals surface area contributed by atoms with Crippen molar-refractivity contribution >= 4 is 46.9 Å². The first-order valence-electron chi connectivity index (χ1n) is 12.5. The van der Waals surface area contributed by atoms with E-state index in [1.54, 1.807) is 36.2 Å². The van der Waals surface area contributed by atoms with Crippen LogP contribution in [0.1, 0.15) is 48.9 Å². The van der Waals surface area contributed by atoms with Crippen molar-refractivity contribution in [1.82, 2.24) is 10.3 Å². The van der Waals surface area contributed by atoms with Crippen LogP contribution in [0.15, 0.2) is 48.5 Å². The van der Waals surface area contributed by atoms with Gasteiger partial charge in [0.05, 0.1) is 17.5 Å². The number of hydrogen-bond acceptors (Lipinski definition) is 5. The smallest absolute Gasteiger partial charge is 0.398 e. The van der Waals surface area contributed by atoms with E-state index in [2.05, 4.69) is 22.9 Å². The average Bonchev–Trinajstić information content (AvgIpc) is 2.90. The summed E-state index contributed by atoms with van der Waals surface area (Å²) in [6, 6.07) is 9.55. The van der Waals surface area contributed by atoms with E-state index >= 15 is 0 Å². The standard InChI is InChI=1S/C15H17F4NO.C10H7F3N2.C2H6S.CH4S/c16-11-6-7-13(15(17,18)19)10(8-11)9-14(21)20-12-4-2-1-3-5-12;11-10(12,13)9-5-7(14)6-3-1-2-4-8(6)15-9;1-3-2;1-2/h6-8,12H,1-5,9H2,(H,20,21);1-5H,(H2,14,15);1-2H3;2H,1H3. The molecule has 0 saturated heterocycles. The number of para-hydroxylation sites is 1. The molecule has 2 aromatic carbocycles. The maximum Gasteiger partial charge on any atom is 0.433 e. The molecule has 3 N–H and O–H groups in total. The van der Waals surface area contributed by atoms with E-state index in [1.807, 2.05) is 12.5 Å². The number of hydrogen-bond donors (Lipinski definition) is 3. The molecule has 0 unspecified atom stereocenters. The van der Waals surface area contributed by atoms with Crippen LogP contribution in [0.4, 0.5) is 36.4 Å². The summed E-state index contributed by atoms with van der Waals surface area (Å²) in [6.07, 6.45) is 1.11. The van der Waals surface area contributed by atoms with Gasteiger partial charge in [-0.1, -0.05) is 37.5 Å².